The molecule has 1 aromatic rings. The fraction of sp³-hybridized carbons (Fsp3) is 0.455. The molecule has 0 radical (unpaired) electrons. The van der Waals surface area contributed by atoms with Crippen LogP contribution in [0.4, 0.5) is 0 Å². The van der Waals surface area contributed by atoms with E-state index in [-0.39, 0.29) is 30.7 Å². The molecule has 0 atom stereocenters. The Labute approximate surface area is 115 Å². The molecular formula is C11H19Cl2N3O. The number of pyridine rings is 1. The van der Waals surface area contributed by atoms with Crippen molar-refractivity contribution in [2.24, 2.45) is 0 Å². The van der Waals surface area contributed by atoms with Crippen LogP contribution >= 0.6 is 24.8 Å². The third-order valence-corrected chi connectivity index (χ3v) is 2.28. The van der Waals surface area contributed by atoms with E-state index in [1.807, 2.05) is 14.0 Å². The third-order valence-electron chi connectivity index (χ3n) is 2.28. The predicted octanol–water partition coefficient (Wildman–Crippen LogP) is 1.53. The van der Waals surface area contributed by atoms with Crippen LogP contribution in [-0.2, 0) is 0 Å². The molecule has 0 fully saturated rings. The Morgan fingerprint density at radius 2 is 2.12 bits per heavy atom. The monoisotopic (exact) mass is 279 g/mol. The number of likely N-dealkylation sites (N-methyl/N-ethyl adjacent to an activating group) is 2. The number of nitrogens with zero attached hydrogens (tertiary/aromatic N) is 2. The maximum Gasteiger partial charge on any atom is 0.255 e. The summed E-state index contributed by atoms with van der Waals surface area (Å²) in [4.78, 5) is 17.7. The van der Waals surface area contributed by atoms with Crippen molar-refractivity contribution >= 4 is 30.7 Å². The maximum absolute atomic E-state index is 11.9. The van der Waals surface area contributed by atoms with Gasteiger partial charge in [-0.1, -0.05) is 0 Å². The van der Waals surface area contributed by atoms with Crippen LogP contribution in [0.1, 0.15) is 16.1 Å². The Bertz CT molecular complexity index is 347. The Morgan fingerprint density at radius 3 is 2.65 bits per heavy atom. The SMILES string of the molecule is CNCCN(C)C(=O)c1cccnc1C.Cl.Cl. The lowest BCUT2D eigenvalue weighted by Crippen LogP contribution is -2.33. The molecule has 1 heterocycles. The molecular weight excluding hydrogens is 261 g/mol. The highest BCUT2D eigenvalue weighted by Crippen LogP contribution is 2.06. The first-order valence-corrected chi connectivity index (χ1v) is 4.98. The Kier molecular flexibility index (Phi) is 10.0. The number of rotatable bonds is 4. The molecule has 1 N–H and O–H groups in total. The molecule has 0 aliphatic heterocycles. The van der Waals surface area contributed by atoms with Crippen molar-refractivity contribution in [3.05, 3.63) is 29.6 Å². The van der Waals surface area contributed by atoms with Gasteiger partial charge in [0.1, 0.15) is 0 Å². The summed E-state index contributed by atoms with van der Waals surface area (Å²) in [5.41, 5.74) is 1.45. The highest BCUT2D eigenvalue weighted by atomic mass is 35.5. The molecule has 6 heteroatoms. The van der Waals surface area contributed by atoms with Crippen molar-refractivity contribution in [1.82, 2.24) is 15.2 Å². The number of halogens is 2. The van der Waals surface area contributed by atoms with Gasteiger partial charge in [0, 0.05) is 32.0 Å². The second-order valence-electron chi connectivity index (χ2n) is 3.47. The van der Waals surface area contributed by atoms with Crippen molar-refractivity contribution < 1.29 is 4.79 Å². The topological polar surface area (TPSA) is 45.2 Å². The van der Waals surface area contributed by atoms with Gasteiger partial charge in [0.2, 0.25) is 0 Å². The highest BCUT2D eigenvalue weighted by Gasteiger charge is 2.13. The number of carbonyl (C=O) groups is 1. The first kappa shape index (κ1) is 18.5. The van der Waals surface area contributed by atoms with E-state index >= 15 is 0 Å². The minimum atomic E-state index is 0. The summed E-state index contributed by atoms with van der Waals surface area (Å²) >= 11 is 0. The molecule has 98 valence electrons. The quantitative estimate of drug-likeness (QED) is 0.909. The van der Waals surface area contributed by atoms with E-state index < -0.39 is 0 Å². The molecule has 4 nitrogen and oxygen atoms in total. The van der Waals surface area contributed by atoms with E-state index in [1.54, 1.807) is 30.3 Å². The van der Waals surface area contributed by atoms with Crippen LogP contribution in [0.15, 0.2) is 18.3 Å². The summed E-state index contributed by atoms with van der Waals surface area (Å²) in [5, 5.41) is 3.01. The lowest BCUT2D eigenvalue weighted by molar-refractivity contribution is 0.0795. The average molecular weight is 280 g/mol. The van der Waals surface area contributed by atoms with Crippen molar-refractivity contribution in [2.75, 3.05) is 27.2 Å². The average Bonchev–Trinajstić information content (AvgIpc) is 2.25. The summed E-state index contributed by atoms with van der Waals surface area (Å²) < 4.78 is 0. The van der Waals surface area contributed by atoms with E-state index in [0.29, 0.717) is 12.1 Å². The van der Waals surface area contributed by atoms with E-state index in [2.05, 4.69) is 10.3 Å². The van der Waals surface area contributed by atoms with Crippen LogP contribution in [0.25, 0.3) is 0 Å². The van der Waals surface area contributed by atoms with Crippen LogP contribution in [0, 0.1) is 6.92 Å². The normalized spacial score (nSPS) is 8.88. The molecule has 1 amide bonds. The molecule has 0 saturated carbocycles. The minimum absolute atomic E-state index is 0. The van der Waals surface area contributed by atoms with Crippen molar-refractivity contribution in [3.8, 4) is 0 Å². The first-order valence-electron chi connectivity index (χ1n) is 4.98. The lowest BCUT2D eigenvalue weighted by Gasteiger charge is -2.17. The van der Waals surface area contributed by atoms with Gasteiger partial charge < -0.3 is 10.2 Å². The van der Waals surface area contributed by atoms with E-state index in [4.69, 9.17) is 0 Å². The Morgan fingerprint density at radius 1 is 1.47 bits per heavy atom. The number of hydrogen-bond acceptors (Lipinski definition) is 3. The fourth-order valence-corrected chi connectivity index (χ4v) is 1.30. The molecule has 0 spiro atoms. The van der Waals surface area contributed by atoms with Gasteiger partial charge in [-0.25, -0.2) is 0 Å². The number of aryl methyl sites for hydroxylation is 1. The largest absolute Gasteiger partial charge is 0.340 e. The van der Waals surface area contributed by atoms with E-state index in [0.717, 1.165) is 12.2 Å². The Hall–Kier alpha value is -0.840. The zero-order chi connectivity index (χ0) is 11.3. The number of aromatic nitrogens is 1. The summed E-state index contributed by atoms with van der Waals surface area (Å²) in [6, 6.07) is 3.59. The van der Waals surface area contributed by atoms with Gasteiger partial charge in [0.25, 0.3) is 5.91 Å². The molecule has 0 unspecified atom stereocenters. The fourth-order valence-electron chi connectivity index (χ4n) is 1.30. The molecule has 0 aliphatic carbocycles. The van der Waals surface area contributed by atoms with Gasteiger partial charge in [0.05, 0.1) is 5.56 Å². The van der Waals surface area contributed by atoms with E-state index in [9.17, 15) is 4.79 Å². The summed E-state index contributed by atoms with van der Waals surface area (Å²) in [5.74, 6) is 0.0239. The number of amides is 1. The predicted molar refractivity (Wildman–Crippen MR) is 74.4 cm³/mol. The van der Waals surface area contributed by atoms with Crippen LogP contribution in [-0.4, -0.2) is 43.0 Å². The van der Waals surface area contributed by atoms with E-state index in [1.165, 1.54) is 0 Å². The smallest absolute Gasteiger partial charge is 0.255 e. The number of nitrogens with one attached hydrogen (secondary N) is 1. The zero-order valence-corrected chi connectivity index (χ0v) is 11.9. The second-order valence-corrected chi connectivity index (χ2v) is 3.47. The maximum atomic E-state index is 11.9. The van der Waals surface area contributed by atoms with Crippen LogP contribution in [0.2, 0.25) is 0 Å². The summed E-state index contributed by atoms with van der Waals surface area (Å²) in [6.07, 6.45) is 1.69. The molecule has 1 rings (SSSR count). The van der Waals surface area contributed by atoms with Crippen molar-refractivity contribution in [3.63, 3.8) is 0 Å². The van der Waals surface area contributed by atoms with Crippen LogP contribution < -0.4 is 5.32 Å². The lowest BCUT2D eigenvalue weighted by atomic mass is 10.2. The molecule has 1 aromatic heterocycles. The van der Waals surface area contributed by atoms with Gasteiger partial charge in [-0.3, -0.25) is 9.78 Å². The van der Waals surface area contributed by atoms with Crippen LogP contribution in [0.5, 0.6) is 0 Å². The molecule has 0 bridgehead atoms. The number of carbonyl (C=O) groups excluding carboxylic acids is 1. The first-order chi connectivity index (χ1) is 7.16. The summed E-state index contributed by atoms with van der Waals surface area (Å²) in [7, 11) is 3.67. The molecule has 0 aliphatic rings. The van der Waals surface area contributed by atoms with Crippen molar-refractivity contribution in [1.29, 1.82) is 0 Å². The second kappa shape index (κ2) is 9.22. The molecule has 0 aromatic carbocycles. The van der Waals surface area contributed by atoms with Crippen LogP contribution in [0.3, 0.4) is 0 Å². The molecule has 0 saturated heterocycles. The highest BCUT2D eigenvalue weighted by molar-refractivity contribution is 5.94. The standard InChI is InChI=1S/C11H17N3O.2ClH/c1-9-10(5-4-6-13-9)11(15)14(3)8-7-12-2;;/h4-6,12H,7-8H2,1-3H3;2*1H. The van der Waals surface area contributed by atoms with Gasteiger partial charge in [-0.2, -0.15) is 0 Å². The van der Waals surface area contributed by atoms with Gasteiger partial charge in [-0.05, 0) is 26.1 Å². The Balaban J connectivity index is 0. The van der Waals surface area contributed by atoms with Crippen molar-refractivity contribution in [2.45, 2.75) is 6.92 Å². The minimum Gasteiger partial charge on any atom is -0.340 e. The molecule has 17 heavy (non-hydrogen) atoms. The van der Waals surface area contributed by atoms with Gasteiger partial charge >= 0.3 is 0 Å². The summed E-state index contributed by atoms with van der Waals surface area (Å²) in [6.45, 7) is 3.34. The zero-order valence-electron chi connectivity index (χ0n) is 10.3. The third kappa shape index (κ3) is 5.35. The van der Waals surface area contributed by atoms with Gasteiger partial charge in [-0.15, -0.1) is 24.8 Å². The van der Waals surface area contributed by atoms with Gasteiger partial charge in [0.15, 0.2) is 0 Å². The number of hydrogen-bond donors (Lipinski definition) is 1.